The molecule has 0 aliphatic heterocycles. The van der Waals surface area contributed by atoms with Crippen LogP contribution in [0.3, 0.4) is 0 Å². The molecule has 0 radical (unpaired) electrons. The van der Waals surface area contributed by atoms with Gasteiger partial charge in [-0.15, -0.1) is 0 Å². The van der Waals surface area contributed by atoms with Gasteiger partial charge in [0.2, 0.25) is 0 Å². The van der Waals surface area contributed by atoms with Gasteiger partial charge in [-0.2, -0.15) is 0 Å². The van der Waals surface area contributed by atoms with E-state index in [0.717, 1.165) is 47.2 Å². The molecule has 0 amide bonds. The van der Waals surface area contributed by atoms with Gasteiger partial charge in [0.1, 0.15) is 0 Å². The van der Waals surface area contributed by atoms with Crippen molar-refractivity contribution >= 4 is 77.7 Å². The molecule has 0 spiro atoms. The number of aromatic nitrogens is 2. The van der Waals surface area contributed by atoms with Crippen molar-refractivity contribution in [3.8, 4) is 11.1 Å². The Morgan fingerprint density at radius 3 is 1.02 bits per heavy atom. The maximum atomic E-state index is 2.41. The Morgan fingerprint density at radius 1 is 0.304 bits per heavy atom. The minimum absolute atomic E-state index is 0.930. The molecule has 56 heavy (non-hydrogen) atoms. The first-order valence-electron chi connectivity index (χ1n) is 19.6. The lowest BCUT2D eigenvalue weighted by molar-refractivity contribution is 0.827. The van der Waals surface area contributed by atoms with Crippen molar-refractivity contribution in [3.63, 3.8) is 0 Å². The average molecular weight is 723 g/mol. The van der Waals surface area contributed by atoms with E-state index in [1.54, 1.807) is 0 Å². The van der Waals surface area contributed by atoms with Crippen LogP contribution in [0.15, 0.2) is 194 Å². The van der Waals surface area contributed by atoms with E-state index in [4.69, 9.17) is 0 Å². The highest BCUT2D eigenvalue weighted by Gasteiger charge is 2.18. The lowest BCUT2D eigenvalue weighted by Gasteiger charge is -2.26. The first-order chi connectivity index (χ1) is 27.7. The third-order valence-electron chi connectivity index (χ3n) is 11.3. The van der Waals surface area contributed by atoms with Crippen molar-refractivity contribution in [2.75, 3.05) is 9.80 Å². The van der Waals surface area contributed by atoms with Crippen LogP contribution < -0.4 is 9.80 Å². The highest BCUT2D eigenvalue weighted by molar-refractivity contribution is 6.10. The number of benzene rings is 8. The normalized spacial score (nSPS) is 11.5. The van der Waals surface area contributed by atoms with Crippen LogP contribution in [0.1, 0.15) is 13.8 Å². The molecule has 0 saturated carbocycles. The molecule has 0 atom stereocenters. The summed E-state index contributed by atoms with van der Waals surface area (Å²) < 4.78 is 4.82. The van der Waals surface area contributed by atoms with Crippen LogP contribution in [0.25, 0.3) is 54.7 Å². The maximum Gasteiger partial charge on any atom is 0.0492 e. The monoisotopic (exact) mass is 722 g/mol. The molecule has 8 aromatic carbocycles. The Hall–Kier alpha value is -7.04. The molecule has 2 heterocycles. The number of hydrogen-bond donors (Lipinski definition) is 0. The molecule has 0 bridgehead atoms. The molecule has 0 fully saturated rings. The summed E-state index contributed by atoms with van der Waals surface area (Å²) in [7, 11) is 0. The fraction of sp³-hybridized carbons (Fsp3) is 0.0769. The van der Waals surface area contributed by atoms with E-state index >= 15 is 0 Å². The number of anilines is 6. The summed E-state index contributed by atoms with van der Waals surface area (Å²) in [6.07, 6.45) is 0. The zero-order chi connectivity index (χ0) is 37.6. The first-order valence-corrected chi connectivity index (χ1v) is 19.6. The zero-order valence-corrected chi connectivity index (χ0v) is 31.7. The molecule has 0 aliphatic rings. The molecule has 4 nitrogen and oxygen atoms in total. The SMILES string of the molecule is CCn1c2ccccc2c2cc(N(c3ccccc3)c3ccc(-c4ccc(N(c5ccccc5)c5ccc6c(c5)c5ccccc5n6CC)cc4)cc3)ccc21. The second-order valence-electron chi connectivity index (χ2n) is 14.4. The van der Waals surface area contributed by atoms with Gasteiger partial charge in [0.15, 0.2) is 0 Å². The molecule has 0 unspecified atom stereocenters. The van der Waals surface area contributed by atoms with E-state index in [-0.39, 0.29) is 0 Å². The number of hydrogen-bond acceptors (Lipinski definition) is 2. The third kappa shape index (κ3) is 5.61. The molecule has 4 heteroatoms. The summed E-state index contributed by atoms with van der Waals surface area (Å²) in [5.74, 6) is 0. The Labute approximate surface area is 327 Å². The molecule has 10 rings (SSSR count). The second-order valence-corrected chi connectivity index (χ2v) is 14.4. The van der Waals surface area contributed by atoms with Gasteiger partial charge in [0.25, 0.3) is 0 Å². The van der Waals surface area contributed by atoms with Crippen molar-refractivity contribution in [1.29, 1.82) is 0 Å². The van der Waals surface area contributed by atoms with Crippen molar-refractivity contribution in [1.82, 2.24) is 9.13 Å². The van der Waals surface area contributed by atoms with E-state index in [0.29, 0.717) is 0 Å². The van der Waals surface area contributed by atoms with Gasteiger partial charge in [-0.1, -0.05) is 97.1 Å². The molecular formula is C52H42N4. The molecule has 0 N–H and O–H groups in total. The largest absolute Gasteiger partial charge is 0.341 e. The fourth-order valence-corrected chi connectivity index (χ4v) is 8.70. The highest BCUT2D eigenvalue weighted by Crippen LogP contribution is 2.41. The average Bonchev–Trinajstić information content (AvgIpc) is 3.76. The molecule has 270 valence electrons. The van der Waals surface area contributed by atoms with E-state index in [1.165, 1.54) is 54.7 Å². The van der Waals surface area contributed by atoms with Crippen LogP contribution in [0.4, 0.5) is 34.1 Å². The Kier molecular flexibility index (Phi) is 8.37. The summed E-state index contributed by atoms with van der Waals surface area (Å²) in [4.78, 5) is 4.72. The number of rotatable bonds is 9. The number of para-hydroxylation sites is 4. The zero-order valence-electron chi connectivity index (χ0n) is 31.7. The van der Waals surface area contributed by atoms with Crippen LogP contribution in [0.5, 0.6) is 0 Å². The van der Waals surface area contributed by atoms with Gasteiger partial charge >= 0.3 is 0 Å². The van der Waals surface area contributed by atoms with Crippen molar-refractivity contribution in [3.05, 3.63) is 194 Å². The quantitative estimate of drug-likeness (QED) is 0.147. The van der Waals surface area contributed by atoms with Gasteiger partial charge in [-0.05, 0) is 122 Å². The fourth-order valence-electron chi connectivity index (χ4n) is 8.70. The summed E-state index contributed by atoms with van der Waals surface area (Å²) in [5.41, 5.74) is 14.2. The number of nitrogens with zero attached hydrogens (tertiary/aromatic N) is 4. The Morgan fingerprint density at radius 2 is 0.625 bits per heavy atom. The van der Waals surface area contributed by atoms with Crippen LogP contribution in [-0.2, 0) is 13.1 Å². The lowest BCUT2D eigenvalue weighted by Crippen LogP contribution is -2.10. The summed E-state index contributed by atoms with van der Waals surface area (Å²) >= 11 is 0. The number of fused-ring (bicyclic) bond motifs is 6. The van der Waals surface area contributed by atoms with Crippen molar-refractivity contribution in [2.24, 2.45) is 0 Å². The first kappa shape index (κ1) is 33.5. The van der Waals surface area contributed by atoms with Crippen LogP contribution in [0, 0.1) is 0 Å². The van der Waals surface area contributed by atoms with Gasteiger partial charge in [0.05, 0.1) is 0 Å². The van der Waals surface area contributed by atoms with Crippen molar-refractivity contribution < 1.29 is 0 Å². The van der Waals surface area contributed by atoms with E-state index in [2.05, 4.69) is 227 Å². The van der Waals surface area contributed by atoms with E-state index in [1.807, 2.05) is 0 Å². The molecule has 0 saturated heterocycles. The topological polar surface area (TPSA) is 16.3 Å². The third-order valence-corrected chi connectivity index (χ3v) is 11.3. The number of aryl methyl sites for hydroxylation is 2. The van der Waals surface area contributed by atoms with Crippen molar-refractivity contribution in [2.45, 2.75) is 26.9 Å². The smallest absolute Gasteiger partial charge is 0.0492 e. The van der Waals surface area contributed by atoms with E-state index < -0.39 is 0 Å². The minimum Gasteiger partial charge on any atom is -0.341 e. The van der Waals surface area contributed by atoms with Gasteiger partial charge < -0.3 is 18.9 Å². The van der Waals surface area contributed by atoms with Gasteiger partial charge in [-0.25, -0.2) is 0 Å². The maximum absolute atomic E-state index is 2.41. The molecule has 2 aromatic heterocycles. The standard InChI is InChI=1S/C52H42N4/c1-3-53-49-21-13-11-19-45(49)47-35-43(31-33-51(47)53)55(39-15-7-5-8-16-39)41-27-23-37(24-28-41)38-25-29-42(30-26-38)56(40-17-9-6-10-18-40)44-32-34-52-48(36-44)46-20-12-14-22-50(46)54(52)4-2/h5-36H,3-4H2,1-2H3. The van der Waals surface area contributed by atoms with Crippen LogP contribution >= 0.6 is 0 Å². The van der Waals surface area contributed by atoms with Crippen LogP contribution in [-0.4, -0.2) is 9.13 Å². The predicted octanol–water partition coefficient (Wildman–Crippen LogP) is 14.5. The van der Waals surface area contributed by atoms with E-state index in [9.17, 15) is 0 Å². The minimum atomic E-state index is 0.930. The molecular weight excluding hydrogens is 681 g/mol. The van der Waals surface area contributed by atoms with Gasteiger partial charge in [0, 0.05) is 90.8 Å². The molecule has 10 aromatic rings. The summed E-state index contributed by atoms with van der Waals surface area (Å²) in [6, 6.07) is 70.5. The van der Waals surface area contributed by atoms with Gasteiger partial charge in [-0.3, -0.25) is 0 Å². The highest BCUT2D eigenvalue weighted by atomic mass is 15.1. The summed E-state index contributed by atoms with van der Waals surface area (Å²) in [5, 5.41) is 5.12. The Bertz CT molecular complexity index is 2770. The lowest BCUT2D eigenvalue weighted by atomic mass is 10.0. The summed E-state index contributed by atoms with van der Waals surface area (Å²) in [6.45, 7) is 6.30. The predicted molar refractivity (Wildman–Crippen MR) is 239 cm³/mol. The van der Waals surface area contributed by atoms with Crippen LogP contribution in [0.2, 0.25) is 0 Å². The second kappa shape index (κ2) is 14.0. The Balaban J connectivity index is 1.01. The molecule has 0 aliphatic carbocycles.